The second-order valence-corrected chi connectivity index (χ2v) is 3.65. The first-order chi connectivity index (χ1) is 12.1. The van der Waals surface area contributed by atoms with Crippen molar-refractivity contribution < 1.29 is 64.5 Å². The van der Waals surface area contributed by atoms with Crippen molar-refractivity contribution in [2.45, 2.75) is 34.6 Å². The highest BCUT2D eigenvalue weighted by molar-refractivity contribution is 5.63. The summed E-state index contributed by atoms with van der Waals surface area (Å²) in [5, 5.41) is 53.3. The minimum absolute atomic E-state index is 0.0278. The molecule has 0 aromatic carbocycles. The van der Waals surface area contributed by atoms with Crippen molar-refractivity contribution in [3.8, 4) is 0 Å². The predicted molar refractivity (Wildman–Crippen MR) is 91.5 cm³/mol. The van der Waals surface area contributed by atoms with Crippen LogP contribution in [0.15, 0.2) is 0 Å². The highest BCUT2D eigenvalue weighted by Crippen LogP contribution is 1.68. The lowest BCUT2D eigenvalue weighted by Gasteiger charge is -1.94. The van der Waals surface area contributed by atoms with Gasteiger partial charge in [0.15, 0.2) is 0 Å². The molecule has 0 fully saturated rings. The van der Waals surface area contributed by atoms with E-state index in [1.807, 2.05) is 0 Å². The Labute approximate surface area is 156 Å². The zero-order chi connectivity index (χ0) is 23.4. The van der Waals surface area contributed by atoms with Gasteiger partial charge in [0.2, 0.25) is 0 Å². The SMILES string of the molecule is CC(=O)O.CC(=O)O.CC(=O)O.CC(=O)O.CC(=O)O.OCCOCCO. The number of rotatable bonds is 4. The van der Waals surface area contributed by atoms with E-state index in [1.165, 1.54) is 0 Å². The number of aliphatic carboxylic acids is 5. The maximum absolute atomic E-state index is 9.00. The molecule has 0 aromatic heterocycles. The maximum atomic E-state index is 9.00. The Kier molecular flexibility index (Phi) is 56.3. The highest BCUT2D eigenvalue weighted by atomic mass is 16.5. The molecular formula is C14H30O13. The van der Waals surface area contributed by atoms with Crippen LogP contribution >= 0.6 is 0 Å². The average Bonchev–Trinajstić information content (AvgIpc) is 2.35. The number of hydrogen-bond donors (Lipinski definition) is 7. The molecule has 13 nitrogen and oxygen atoms in total. The van der Waals surface area contributed by atoms with Crippen LogP contribution in [0.5, 0.6) is 0 Å². The largest absolute Gasteiger partial charge is 0.481 e. The van der Waals surface area contributed by atoms with E-state index in [9.17, 15) is 0 Å². The lowest BCUT2D eigenvalue weighted by Crippen LogP contribution is -2.03. The van der Waals surface area contributed by atoms with E-state index in [0.717, 1.165) is 34.6 Å². The van der Waals surface area contributed by atoms with Gasteiger partial charge in [0.25, 0.3) is 29.8 Å². The zero-order valence-corrected chi connectivity index (χ0v) is 15.9. The summed E-state index contributed by atoms with van der Waals surface area (Å²) < 4.78 is 4.63. The van der Waals surface area contributed by atoms with E-state index in [4.69, 9.17) is 59.7 Å². The summed E-state index contributed by atoms with van der Waals surface area (Å²) in [6, 6.07) is 0. The summed E-state index contributed by atoms with van der Waals surface area (Å²) >= 11 is 0. The van der Waals surface area contributed by atoms with Crippen molar-refractivity contribution in [2.75, 3.05) is 26.4 Å². The first kappa shape index (κ1) is 39.3. The van der Waals surface area contributed by atoms with Gasteiger partial charge in [0.05, 0.1) is 26.4 Å². The Morgan fingerprint density at radius 2 is 0.630 bits per heavy atom. The lowest BCUT2D eigenvalue weighted by molar-refractivity contribution is -0.135. The molecule has 0 aliphatic carbocycles. The second kappa shape index (κ2) is 38.7. The van der Waals surface area contributed by atoms with E-state index in [-0.39, 0.29) is 13.2 Å². The van der Waals surface area contributed by atoms with Crippen LogP contribution in [0.2, 0.25) is 0 Å². The smallest absolute Gasteiger partial charge is 0.300 e. The molecule has 0 rings (SSSR count). The normalized spacial score (nSPS) is 7.07. The minimum atomic E-state index is -0.833. The number of ether oxygens (including phenoxy) is 1. The molecule has 0 unspecified atom stereocenters. The predicted octanol–water partition coefficient (Wildman–Crippen LogP) is -0.558. The summed E-state index contributed by atoms with van der Waals surface area (Å²) in [5.41, 5.74) is 0. The van der Waals surface area contributed by atoms with E-state index in [2.05, 4.69) is 4.74 Å². The van der Waals surface area contributed by atoms with Crippen molar-refractivity contribution in [3.05, 3.63) is 0 Å². The number of hydrogen-bond acceptors (Lipinski definition) is 8. The van der Waals surface area contributed by atoms with Gasteiger partial charge in [-0.2, -0.15) is 0 Å². The van der Waals surface area contributed by atoms with Gasteiger partial charge < -0.3 is 40.5 Å². The molecule has 0 heterocycles. The van der Waals surface area contributed by atoms with Crippen LogP contribution < -0.4 is 0 Å². The van der Waals surface area contributed by atoms with Crippen LogP contribution in [0.1, 0.15) is 34.6 Å². The van der Waals surface area contributed by atoms with Gasteiger partial charge in [-0.25, -0.2) is 0 Å². The van der Waals surface area contributed by atoms with Crippen molar-refractivity contribution in [3.63, 3.8) is 0 Å². The molecule has 13 heteroatoms. The van der Waals surface area contributed by atoms with Crippen LogP contribution in [0.4, 0.5) is 0 Å². The molecule has 0 aliphatic rings. The Bertz CT molecular complexity index is 272. The summed E-state index contributed by atoms with van der Waals surface area (Å²) in [4.78, 5) is 45.0. The Morgan fingerprint density at radius 3 is 0.704 bits per heavy atom. The van der Waals surface area contributed by atoms with Gasteiger partial charge in [-0.05, 0) is 0 Å². The van der Waals surface area contributed by atoms with E-state index in [1.54, 1.807) is 0 Å². The van der Waals surface area contributed by atoms with Gasteiger partial charge in [-0.15, -0.1) is 0 Å². The summed E-state index contributed by atoms with van der Waals surface area (Å²) in [5.74, 6) is -4.17. The monoisotopic (exact) mass is 406 g/mol. The molecule has 0 spiro atoms. The summed E-state index contributed by atoms with van der Waals surface area (Å²) in [7, 11) is 0. The second-order valence-electron chi connectivity index (χ2n) is 3.65. The number of carboxylic acid groups (broad SMARTS) is 5. The van der Waals surface area contributed by atoms with Gasteiger partial charge in [-0.1, -0.05) is 0 Å². The Morgan fingerprint density at radius 1 is 0.519 bits per heavy atom. The third-order valence-electron chi connectivity index (χ3n) is 0.471. The number of aliphatic hydroxyl groups excluding tert-OH is 2. The number of carboxylic acids is 5. The zero-order valence-electron chi connectivity index (χ0n) is 15.9. The van der Waals surface area contributed by atoms with Crippen molar-refractivity contribution >= 4 is 29.8 Å². The van der Waals surface area contributed by atoms with Crippen molar-refractivity contribution in [1.29, 1.82) is 0 Å². The van der Waals surface area contributed by atoms with Crippen LogP contribution in [-0.4, -0.2) is 92.0 Å². The average molecular weight is 406 g/mol. The van der Waals surface area contributed by atoms with E-state index >= 15 is 0 Å². The standard InChI is InChI=1S/C4H10O3.5C2H4O2/c5-1-3-7-4-2-6;5*1-2(3)4/h5-6H,1-4H2;5*1H3,(H,3,4). The molecule has 0 bridgehead atoms. The molecule has 0 atom stereocenters. The molecule has 0 aliphatic heterocycles. The summed E-state index contributed by atoms with van der Waals surface area (Å²) in [6.07, 6.45) is 0. The van der Waals surface area contributed by atoms with Crippen LogP contribution in [0.3, 0.4) is 0 Å². The van der Waals surface area contributed by atoms with Crippen molar-refractivity contribution in [2.24, 2.45) is 0 Å². The fourth-order valence-electron chi connectivity index (χ4n) is 0.231. The fraction of sp³-hybridized carbons (Fsp3) is 0.643. The topological polar surface area (TPSA) is 236 Å². The quantitative estimate of drug-likeness (QED) is 0.290. The highest BCUT2D eigenvalue weighted by Gasteiger charge is 1.79. The molecule has 27 heavy (non-hydrogen) atoms. The van der Waals surface area contributed by atoms with Gasteiger partial charge in [0.1, 0.15) is 0 Å². The van der Waals surface area contributed by atoms with Gasteiger partial charge in [0, 0.05) is 34.6 Å². The number of aliphatic hydroxyl groups is 2. The molecule has 0 saturated heterocycles. The van der Waals surface area contributed by atoms with E-state index in [0.29, 0.717) is 13.2 Å². The Hall–Kier alpha value is -2.77. The maximum Gasteiger partial charge on any atom is 0.300 e. The molecule has 164 valence electrons. The van der Waals surface area contributed by atoms with Crippen LogP contribution in [0.25, 0.3) is 0 Å². The molecular weight excluding hydrogens is 376 g/mol. The molecule has 7 N–H and O–H groups in total. The van der Waals surface area contributed by atoms with Crippen molar-refractivity contribution in [1.82, 2.24) is 0 Å². The third-order valence-corrected chi connectivity index (χ3v) is 0.471. The van der Waals surface area contributed by atoms with Crippen LogP contribution in [-0.2, 0) is 28.7 Å². The molecule has 0 aromatic rings. The Balaban J connectivity index is -0.0000000500. The molecule has 0 radical (unpaired) electrons. The van der Waals surface area contributed by atoms with Gasteiger partial charge in [-0.3, -0.25) is 24.0 Å². The first-order valence-electron chi connectivity index (χ1n) is 6.85. The number of carbonyl (C=O) groups is 5. The molecule has 0 saturated carbocycles. The lowest BCUT2D eigenvalue weighted by atomic mass is 10.7. The fourth-order valence-corrected chi connectivity index (χ4v) is 0.231. The van der Waals surface area contributed by atoms with Crippen LogP contribution in [0, 0.1) is 0 Å². The molecule has 0 amide bonds. The van der Waals surface area contributed by atoms with E-state index < -0.39 is 29.8 Å². The van der Waals surface area contributed by atoms with Gasteiger partial charge >= 0.3 is 0 Å². The third kappa shape index (κ3) is 6920. The first-order valence-corrected chi connectivity index (χ1v) is 6.85. The summed E-state index contributed by atoms with van der Waals surface area (Å²) in [6.45, 7) is 6.11. The minimum Gasteiger partial charge on any atom is -0.481 e.